The molecule has 2 nitrogen and oxygen atoms in total. The van der Waals surface area contributed by atoms with Crippen molar-refractivity contribution in [3.8, 4) is 0 Å². The van der Waals surface area contributed by atoms with E-state index in [1.54, 1.807) is 30.0 Å². The van der Waals surface area contributed by atoms with Gasteiger partial charge in [-0.25, -0.2) is 4.21 Å². The molecule has 1 unspecified atom stereocenters. The van der Waals surface area contributed by atoms with Gasteiger partial charge in [0.05, 0.1) is 4.90 Å². The van der Waals surface area contributed by atoms with Crippen LogP contribution in [0.15, 0.2) is 34.1 Å². The molecule has 0 amide bonds. The molecule has 1 aromatic rings. The first-order valence-corrected chi connectivity index (χ1v) is 5.32. The molecule has 0 radical (unpaired) electrons. The van der Waals surface area contributed by atoms with E-state index in [-0.39, 0.29) is 20.3 Å². The second-order valence-corrected chi connectivity index (χ2v) is 3.78. The molecule has 1 atom stereocenters. The fourth-order valence-corrected chi connectivity index (χ4v) is 1.67. The molecular formula is C7H9LiO2S2. The Morgan fingerprint density at radius 3 is 2.75 bits per heavy atom. The zero-order valence-corrected chi connectivity index (χ0v) is 8.61. The molecule has 0 aliphatic heterocycles. The van der Waals surface area contributed by atoms with Crippen molar-refractivity contribution in [2.45, 2.75) is 9.79 Å². The van der Waals surface area contributed by atoms with Crippen molar-refractivity contribution >= 4 is 22.8 Å². The van der Waals surface area contributed by atoms with Gasteiger partial charge in [-0.05, 0) is 24.5 Å². The number of hydrogen-bond acceptors (Lipinski definition) is 2. The quantitative estimate of drug-likeness (QED) is 0.378. The summed E-state index contributed by atoms with van der Waals surface area (Å²) in [4.78, 5) is 1.46. The van der Waals surface area contributed by atoms with Crippen molar-refractivity contribution < 1.29 is 29.0 Å². The largest absolute Gasteiger partial charge is 1.00 e. The Morgan fingerprint density at radius 1 is 1.58 bits per heavy atom. The molecule has 0 saturated carbocycles. The molecule has 12 heavy (non-hydrogen) atoms. The van der Waals surface area contributed by atoms with Crippen LogP contribution in [0.3, 0.4) is 0 Å². The van der Waals surface area contributed by atoms with Gasteiger partial charge in [-0.3, -0.25) is 0 Å². The maximum absolute atomic E-state index is 10.6. The van der Waals surface area contributed by atoms with Gasteiger partial charge in [-0.2, -0.15) is 0 Å². The van der Waals surface area contributed by atoms with Gasteiger partial charge in [0.2, 0.25) is 0 Å². The summed E-state index contributed by atoms with van der Waals surface area (Å²) in [6, 6.07) is 7.02. The second-order valence-electron chi connectivity index (χ2n) is 1.93. The topological polar surface area (TPSA) is 37.3 Å². The number of rotatable bonds is 2. The monoisotopic (exact) mass is 196 g/mol. The third-order valence-corrected chi connectivity index (χ3v) is 2.63. The van der Waals surface area contributed by atoms with Gasteiger partial charge in [0.1, 0.15) is 0 Å². The Labute approximate surface area is 92.1 Å². The molecule has 0 saturated heterocycles. The molecule has 0 aromatic heterocycles. The predicted octanol–water partition coefficient (Wildman–Crippen LogP) is -0.894. The first kappa shape index (κ1) is 12.3. The maximum atomic E-state index is 10.6. The van der Waals surface area contributed by atoms with Crippen molar-refractivity contribution in [2.75, 3.05) is 6.26 Å². The van der Waals surface area contributed by atoms with E-state index in [0.29, 0.717) is 4.90 Å². The molecule has 0 spiro atoms. The minimum Gasteiger partial charge on any atom is -1.00 e. The third kappa shape index (κ3) is 3.34. The van der Waals surface area contributed by atoms with E-state index in [0.717, 1.165) is 4.90 Å². The summed E-state index contributed by atoms with van der Waals surface area (Å²) in [7, 11) is 0. The van der Waals surface area contributed by atoms with Crippen molar-refractivity contribution in [1.82, 2.24) is 0 Å². The van der Waals surface area contributed by atoms with E-state index in [1.807, 2.05) is 12.3 Å². The van der Waals surface area contributed by atoms with E-state index in [2.05, 4.69) is 0 Å². The number of benzene rings is 1. The van der Waals surface area contributed by atoms with Crippen LogP contribution >= 0.6 is 11.8 Å². The molecule has 0 aliphatic carbocycles. The molecule has 1 rings (SSSR count). The summed E-state index contributed by atoms with van der Waals surface area (Å²) in [6.45, 7) is 0. The molecule has 0 fully saturated rings. The summed E-state index contributed by atoms with van der Waals surface area (Å²) < 4.78 is 19.3. The van der Waals surface area contributed by atoms with Crippen LogP contribution in [0.4, 0.5) is 0 Å². The molecule has 5 heteroatoms. The van der Waals surface area contributed by atoms with Crippen LogP contribution in [-0.4, -0.2) is 15.0 Å². The fraction of sp³-hybridized carbons (Fsp3) is 0.143. The SMILES string of the molecule is CSc1cccc(S(=O)O)c1.[H-].[Li+]. The zero-order valence-electron chi connectivity index (χ0n) is 7.98. The van der Waals surface area contributed by atoms with Gasteiger partial charge in [0, 0.05) is 4.90 Å². The van der Waals surface area contributed by atoms with Crippen LogP contribution in [0.5, 0.6) is 0 Å². The average Bonchev–Trinajstić information content (AvgIpc) is 2.05. The van der Waals surface area contributed by atoms with Crippen LogP contribution in [0.25, 0.3) is 0 Å². The molecule has 1 N–H and O–H groups in total. The van der Waals surface area contributed by atoms with E-state index in [4.69, 9.17) is 4.55 Å². The minimum atomic E-state index is -1.85. The summed E-state index contributed by atoms with van der Waals surface area (Å²) >= 11 is -0.299. The predicted molar refractivity (Wildman–Crippen MR) is 48.4 cm³/mol. The molecule has 0 bridgehead atoms. The summed E-state index contributed by atoms with van der Waals surface area (Å²) in [6.07, 6.45) is 1.93. The van der Waals surface area contributed by atoms with Crippen molar-refractivity contribution in [2.24, 2.45) is 0 Å². The summed E-state index contributed by atoms with van der Waals surface area (Å²) in [5.74, 6) is 0. The summed E-state index contributed by atoms with van der Waals surface area (Å²) in [5, 5.41) is 0. The molecule has 0 heterocycles. The second kappa shape index (κ2) is 5.84. The van der Waals surface area contributed by atoms with E-state index >= 15 is 0 Å². The Hall–Kier alpha value is 0.277. The fourth-order valence-electron chi connectivity index (χ4n) is 0.710. The normalized spacial score (nSPS) is 11.8. The molecular weight excluding hydrogens is 187 g/mol. The minimum absolute atomic E-state index is 0. The van der Waals surface area contributed by atoms with Crippen LogP contribution in [0, 0.1) is 0 Å². The maximum Gasteiger partial charge on any atom is 1.00 e. The third-order valence-electron chi connectivity index (χ3n) is 1.24. The smallest absolute Gasteiger partial charge is 1.00 e. The molecule has 62 valence electrons. The summed E-state index contributed by atoms with van der Waals surface area (Å²) in [5.41, 5.74) is 0. The first-order valence-electron chi connectivity index (χ1n) is 2.99. The van der Waals surface area contributed by atoms with Gasteiger partial charge in [0.25, 0.3) is 0 Å². The Bertz CT molecular complexity index is 283. The van der Waals surface area contributed by atoms with Gasteiger partial charge in [-0.1, -0.05) is 6.07 Å². The Morgan fingerprint density at radius 2 is 2.25 bits per heavy atom. The van der Waals surface area contributed by atoms with Crippen LogP contribution in [0.2, 0.25) is 0 Å². The Balaban J connectivity index is 0. The van der Waals surface area contributed by atoms with Gasteiger partial charge >= 0.3 is 18.9 Å². The average molecular weight is 196 g/mol. The van der Waals surface area contributed by atoms with Crippen LogP contribution in [0.1, 0.15) is 1.43 Å². The van der Waals surface area contributed by atoms with E-state index < -0.39 is 11.1 Å². The van der Waals surface area contributed by atoms with E-state index in [9.17, 15) is 4.21 Å². The van der Waals surface area contributed by atoms with Gasteiger partial charge in [0.15, 0.2) is 11.1 Å². The standard InChI is InChI=1S/C7H8O2S2.Li.H/c1-10-6-3-2-4-7(5-6)11(8)9;;/h2-5H,1H3,(H,8,9);;/q;+1;-1. The van der Waals surface area contributed by atoms with Gasteiger partial charge in [-0.15, -0.1) is 11.8 Å². The first-order chi connectivity index (χ1) is 5.24. The number of hydrogen-bond donors (Lipinski definition) is 1. The van der Waals surface area contributed by atoms with Crippen LogP contribution < -0.4 is 18.9 Å². The molecule has 1 aromatic carbocycles. The van der Waals surface area contributed by atoms with Gasteiger partial charge < -0.3 is 5.98 Å². The zero-order chi connectivity index (χ0) is 8.27. The number of thioether (sulfide) groups is 1. The van der Waals surface area contributed by atoms with Crippen molar-refractivity contribution in [3.63, 3.8) is 0 Å². The Kier molecular flexibility index (Phi) is 5.98. The molecule has 0 aliphatic rings. The van der Waals surface area contributed by atoms with E-state index in [1.165, 1.54) is 0 Å². The van der Waals surface area contributed by atoms with Crippen molar-refractivity contribution in [1.29, 1.82) is 0 Å². The van der Waals surface area contributed by atoms with Crippen molar-refractivity contribution in [3.05, 3.63) is 24.3 Å². The van der Waals surface area contributed by atoms with Crippen LogP contribution in [-0.2, 0) is 11.1 Å².